The summed E-state index contributed by atoms with van der Waals surface area (Å²) in [5.41, 5.74) is 8.98. The van der Waals surface area contributed by atoms with Crippen molar-refractivity contribution in [3.05, 3.63) is 86.3 Å². The van der Waals surface area contributed by atoms with E-state index in [1.807, 2.05) is 30.3 Å². The lowest BCUT2D eigenvalue weighted by molar-refractivity contribution is -0.132. The minimum atomic E-state index is -0.973. The monoisotopic (exact) mass is 664 g/mol. The zero-order valence-corrected chi connectivity index (χ0v) is 25.1. The van der Waals surface area contributed by atoms with Gasteiger partial charge in [0.25, 0.3) is 17.7 Å². The van der Waals surface area contributed by atoms with Gasteiger partial charge in [-0.2, -0.15) is 5.10 Å². The van der Waals surface area contributed by atoms with Crippen LogP contribution in [0.1, 0.15) is 18.1 Å². The van der Waals surface area contributed by atoms with Crippen LogP contribution in [0.4, 0.5) is 0 Å². The van der Waals surface area contributed by atoms with Gasteiger partial charge in [0.2, 0.25) is 0 Å². The highest BCUT2D eigenvalue weighted by Crippen LogP contribution is 2.36. The minimum Gasteiger partial charge on any atom is -0.493 e. The number of amides is 3. The van der Waals surface area contributed by atoms with Crippen molar-refractivity contribution in [1.29, 1.82) is 0 Å². The first-order valence-electron chi connectivity index (χ1n) is 12.1. The summed E-state index contributed by atoms with van der Waals surface area (Å²) in [6, 6.07) is 16.1. The summed E-state index contributed by atoms with van der Waals surface area (Å²) < 4.78 is 16.9. The van der Waals surface area contributed by atoms with E-state index in [0.29, 0.717) is 20.8 Å². The number of carbonyl (C=O) groups is 3. The molecule has 4 N–H and O–H groups in total. The summed E-state index contributed by atoms with van der Waals surface area (Å²) in [5, 5.41) is 7.44. The third kappa shape index (κ3) is 9.66. The summed E-state index contributed by atoms with van der Waals surface area (Å²) >= 11 is 15.4. The standard InChI is InChI=1S/C28H27BrCl2N4O6/c1-16(41-23-9-8-19(30)13-21(23)31)27(37)34-22(11-17-6-4-3-5-7-17)28(38)35-33-14-18-10-20(29)26(24(12-18)39-2)40-15-25(32)36/h3-10,12-14,16,22H,11,15H2,1-2H3,(H2,32,36)(H,34,37)(H,35,38)/b33-14-/t16-,22+/m0/s1. The SMILES string of the molecule is COc1cc(/C=N\NC(=O)[C@@H](Cc2ccccc2)NC(=O)[C@H](C)Oc2ccc(Cl)cc2Cl)cc(Br)c1OCC(N)=O. The molecule has 0 aliphatic carbocycles. The van der Waals surface area contributed by atoms with Crippen LogP contribution in [-0.2, 0) is 20.8 Å². The summed E-state index contributed by atoms with van der Waals surface area (Å²) in [6.45, 7) is 1.21. The van der Waals surface area contributed by atoms with Crippen molar-refractivity contribution in [1.82, 2.24) is 10.7 Å². The number of methoxy groups -OCH3 is 1. The largest absolute Gasteiger partial charge is 0.493 e. The highest BCUT2D eigenvalue weighted by atomic mass is 79.9. The molecule has 0 saturated heterocycles. The van der Waals surface area contributed by atoms with Crippen LogP contribution >= 0.6 is 39.1 Å². The Bertz CT molecular complexity index is 1420. The normalized spacial score (nSPS) is 12.3. The van der Waals surface area contributed by atoms with Crippen LogP contribution in [0.2, 0.25) is 10.0 Å². The molecule has 0 spiro atoms. The fourth-order valence-electron chi connectivity index (χ4n) is 3.51. The number of nitrogens with one attached hydrogen (secondary N) is 2. The Morgan fingerprint density at radius 3 is 2.44 bits per heavy atom. The number of primary amides is 1. The Balaban J connectivity index is 1.72. The Morgan fingerprint density at radius 2 is 1.78 bits per heavy atom. The van der Waals surface area contributed by atoms with E-state index in [4.69, 9.17) is 43.1 Å². The number of rotatable bonds is 13. The number of nitrogens with two attached hydrogens (primary N) is 1. The summed E-state index contributed by atoms with van der Waals surface area (Å²) in [5.74, 6) is -0.843. The molecule has 41 heavy (non-hydrogen) atoms. The smallest absolute Gasteiger partial charge is 0.262 e. The van der Waals surface area contributed by atoms with E-state index < -0.39 is 29.9 Å². The van der Waals surface area contributed by atoms with Crippen LogP contribution in [-0.4, -0.2) is 49.8 Å². The van der Waals surface area contributed by atoms with Gasteiger partial charge in [-0.3, -0.25) is 14.4 Å². The zero-order valence-electron chi connectivity index (χ0n) is 22.0. The van der Waals surface area contributed by atoms with Gasteiger partial charge in [0.05, 0.1) is 22.8 Å². The maximum Gasteiger partial charge on any atom is 0.262 e. The highest BCUT2D eigenvalue weighted by molar-refractivity contribution is 9.10. The molecule has 2 atom stereocenters. The Hall–Kier alpha value is -3.80. The third-order valence-electron chi connectivity index (χ3n) is 5.48. The van der Waals surface area contributed by atoms with E-state index in [9.17, 15) is 14.4 Å². The molecule has 10 nitrogen and oxygen atoms in total. The van der Waals surface area contributed by atoms with Crippen molar-refractivity contribution in [2.75, 3.05) is 13.7 Å². The van der Waals surface area contributed by atoms with Crippen LogP contribution in [0, 0.1) is 0 Å². The van der Waals surface area contributed by atoms with Gasteiger partial charge in [-0.15, -0.1) is 0 Å². The van der Waals surface area contributed by atoms with Gasteiger partial charge in [0, 0.05) is 11.4 Å². The summed E-state index contributed by atoms with van der Waals surface area (Å²) in [6.07, 6.45) is 0.621. The predicted octanol–water partition coefficient (Wildman–Crippen LogP) is 4.27. The van der Waals surface area contributed by atoms with Crippen molar-refractivity contribution >= 4 is 63.1 Å². The van der Waals surface area contributed by atoms with Crippen LogP contribution in [0.15, 0.2) is 70.2 Å². The van der Waals surface area contributed by atoms with E-state index >= 15 is 0 Å². The second-order valence-corrected chi connectivity index (χ2v) is 10.3. The van der Waals surface area contributed by atoms with Gasteiger partial charge >= 0.3 is 0 Å². The predicted molar refractivity (Wildman–Crippen MR) is 160 cm³/mol. The molecule has 0 radical (unpaired) electrons. The molecule has 0 aliphatic rings. The molecule has 216 valence electrons. The molecule has 0 bridgehead atoms. The number of hydrogen-bond donors (Lipinski definition) is 3. The number of ether oxygens (including phenoxy) is 3. The lowest BCUT2D eigenvalue weighted by Crippen LogP contribution is -2.50. The first-order valence-corrected chi connectivity index (χ1v) is 13.7. The molecule has 0 unspecified atom stereocenters. The van der Waals surface area contributed by atoms with Crippen molar-refractivity contribution < 1.29 is 28.6 Å². The lowest BCUT2D eigenvalue weighted by atomic mass is 10.1. The van der Waals surface area contributed by atoms with Gasteiger partial charge in [0.15, 0.2) is 24.2 Å². The molecule has 0 aliphatic heterocycles. The Labute approximate surface area is 255 Å². The molecule has 13 heteroatoms. The molecule has 0 fully saturated rings. The second kappa shape index (κ2) is 15.3. The quantitative estimate of drug-likeness (QED) is 0.184. The van der Waals surface area contributed by atoms with E-state index in [0.717, 1.165) is 5.56 Å². The molecule has 0 heterocycles. The second-order valence-electron chi connectivity index (χ2n) is 8.61. The fraction of sp³-hybridized carbons (Fsp3) is 0.214. The molecule has 3 aromatic rings. The van der Waals surface area contributed by atoms with Gasteiger partial charge in [0.1, 0.15) is 11.8 Å². The Morgan fingerprint density at radius 1 is 1.05 bits per heavy atom. The lowest BCUT2D eigenvalue weighted by Gasteiger charge is -2.21. The van der Waals surface area contributed by atoms with Crippen molar-refractivity contribution in [3.8, 4) is 17.2 Å². The molecular weight excluding hydrogens is 639 g/mol. The summed E-state index contributed by atoms with van der Waals surface area (Å²) in [7, 11) is 1.43. The van der Waals surface area contributed by atoms with Crippen molar-refractivity contribution in [2.24, 2.45) is 10.8 Å². The number of halogens is 3. The Kier molecular flexibility index (Phi) is 11.8. The van der Waals surface area contributed by atoms with Gasteiger partial charge < -0.3 is 25.3 Å². The maximum atomic E-state index is 13.1. The molecular formula is C28H27BrCl2N4O6. The van der Waals surface area contributed by atoms with Crippen LogP contribution in [0.5, 0.6) is 17.2 Å². The number of hydrazone groups is 1. The van der Waals surface area contributed by atoms with Gasteiger partial charge in [-0.05, 0) is 64.3 Å². The van der Waals surface area contributed by atoms with Crippen LogP contribution in [0.25, 0.3) is 0 Å². The van der Waals surface area contributed by atoms with Crippen molar-refractivity contribution in [3.63, 3.8) is 0 Å². The molecule has 3 amide bonds. The molecule has 3 aromatic carbocycles. The molecule has 0 saturated carbocycles. The van der Waals surface area contributed by atoms with E-state index in [1.165, 1.54) is 26.3 Å². The highest BCUT2D eigenvalue weighted by Gasteiger charge is 2.25. The van der Waals surface area contributed by atoms with Crippen LogP contribution in [0.3, 0.4) is 0 Å². The first-order chi connectivity index (χ1) is 19.6. The first kappa shape index (κ1) is 31.7. The van der Waals surface area contributed by atoms with Crippen molar-refractivity contribution in [2.45, 2.75) is 25.5 Å². The van der Waals surface area contributed by atoms with E-state index in [2.05, 4.69) is 31.8 Å². The summed E-state index contributed by atoms with van der Waals surface area (Å²) in [4.78, 5) is 37.2. The number of nitrogens with zero attached hydrogens (tertiary/aromatic N) is 1. The fourth-order valence-corrected chi connectivity index (χ4v) is 4.54. The van der Waals surface area contributed by atoms with E-state index in [-0.39, 0.29) is 29.5 Å². The third-order valence-corrected chi connectivity index (χ3v) is 6.60. The average molecular weight is 666 g/mol. The zero-order chi connectivity index (χ0) is 29.9. The number of benzene rings is 3. The topological polar surface area (TPSA) is 141 Å². The number of carbonyl (C=O) groups excluding carboxylic acids is 3. The maximum absolute atomic E-state index is 13.1. The van der Waals surface area contributed by atoms with Crippen LogP contribution < -0.4 is 30.7 Å². The van der Waals surface area contributed by atoms with E-state index in [1.54, 1.807) is 24.3 Å². The molecule has 3 rings (SSSR count). The minimum absolute atomic E-state index is 0.202. The average Bonchev–Trinajstić information content (AvgIpc) is 2.93. The molecule has 0 aromatic heterocycles. The number of hydrogen-bond acceptors (Lipinski definition) is 7. The van der Waals surface area contributed by atoms with Gasteiger partial charge in [-0.25, -0.2) is 5.43 Å². The van der Waals surface area contributed by atoms with Gasteiger partial charge in [-0.1, -0.05) is 53.5 Å².